The number of rotatable bonds is 2. The first-order valence-electron chi connectivity index (χ1n) is 4.09. The maximum absolute atomic E-state index is 9.38. The van der Waals surface area contributed by atoms with Crippen molar-refractivity contribution in [1.82, 2.24) is 9.97 Å². The second-order valence-electron chi connectivity index (χ2n) is 2.79. The van der Waals surface area contributed by atoms with E-state index in [0.717, 1.165) is 5.69 Å². The quantitative estimate of drug-likeness (QED) is 0.572. The van der Waals surface area contributed by atoms with Gasteiger partial charge in [-0.3, -0.25) is 0 Å². The lowest BCUT2D eigenvalue weighted by molar-refractivity contribution is 0.458. The summed E-state index contributed by atoms with van der Waals surface area (Å²) in [6.45, 7) is 0. The fourth-order valence-corrected chi connectivity index (χ4v) is 1.33. The van der Waals surface area contributed by atoms with Crippen LogP contribution in [0.15, 0.2) is 30.3 Å². The Morgan fingerprint density at radius 2 is 1.86 bits per heavy atom. The van der Waals surface area contributed by atoms with Gasteiger partial charge < -0.3 is 20.4 Å². The molecule has 0 fully saturated rings. The van der Waals surface area contributed by atoms with Crippen molar-refractivity contribution < 1.29 is 5.11 Å². The van der Waals surface area contributed by atoms with Crippen LogP contribution < -0.4 is 5.32 Å². The average molecular weight is 207 g/mol. The third kappa shape index (κ3) is 1.77. The fraction of sp³-hybridized carbons (Fsp3) is 0. The molecule has 14 heavy (non-hydrogen) atoms. The minimum absolute atomic E-state index is 0.0128. The lowest BCUT2D eigenvalue weighted by atomic mass is 10.3. The van der Waals surface area contributed by atoms with Crippen molar-refractivity contribution in [2.75, 3.05) is 5.32 Å². The molecule has 0 saturated heterocycles. The highest BCUT2D eigenvalue weighted by Crippen LogP contribution is 2.21. The zero-order chi connectivity index (χ0) is 9.97. The zero-order valence-electron chi connectivity index (χ0n) is 7.24. The van der Waals surface area contributed by atoms with Gasteiger partial charge in [0.15, 0.2) is 10.6 Å². The van der Waals surface area contributed by atoms with Gasteiger partial charge in [-0.15, -0.1) is 0 Å². The molecule has 0 amide bonds. The molecule has 0 aliphatic heterocycles. The lowest BCUT2D eigenvalue weighted by Crippen LogP contribution is -1.89. The van der Waals surface area contributed by atoms with E-state index in [4.69, 9.17) is 12.2 Å². The average Bonchev–Trinajstić information content (AvgIpc) is 2.47. The van der Waals surface area contributed by atoms with Crippen molar-refractivity contribution in [1.29, 1.82) is 0 Å². The maximum atomic E-state index is 9.38. The molecule has 0 bridgehead atoms. The predicted molar refractivity (Wildman–Crippen MR) is 57.4 cm³/mol. The van der Waals surface area contributed by atoms with Crippen molar-refractivity contribution >= 4 is 23.7 Å². The molecule has 1 heterocycles. The van der Waals surface area contributed by atoms with Gasteiger partial charge >= 0.3 is 0 Å². The molecule has 0 unspecified atom stereocenters. The van der Waals surface area contributed by atoms with Crippen LogP contribution in [-0.4, -0.2) is 15.1 Å². The summed E-state index contributed by atoms with van der Waals surface area (Å²) in [5.41, 5.74) is 0.882. The number of hydrogen-bond acceptors (Lipinski definition) is 3. The van der Waals surface area contributed by atoms with E-state index in [2.05, 4.69) is 15.3 Å². The first kappa shape index (κ1) is 8.83. The number of aromatic hydroxyl groups is 1. The van der Waals surface area contributed by atoms with Gasteiger partial charge in [0.1, 0.15) is 0 Å². The number of anilines is 2. The second kappa shape index (κ2) is 3.55. The SMILES string of the molecule is Oc1[nH]c(=S)[nH]c1Nc1ccccc1. The summed E-state index contributed by atoms with van der Waals surface area (Å²) in [6, 6.07) is 9.51. The Morgan fingerprint density at radius 3 is 2.43 bits per heavy atom. The van der Waals surface area contributed by atoms with Crippen molar-refractivity contribution in [3.05, 3.63) is 35.1 Å². The van der Waals surface area contributed by atoms with Gasteiger partial charge in [0, 0.05) is 5.69 Å². The molecule has 4 N–H and O–H groups in total. The Labute approximate surface area is 85.6 Å². The summed E-state index contributed by atoms with van der Waals surface area (Å²) in [6.07, 6.45) is 0. The first-order valence-corrected chi connectivity index (χ1v) is 4.50. The number of imidazole rings is 1. The number of para-hydroxylation sites is 1. The number of aromatic amines is 2. The van der Waals surface area contributed by atoms with E-state index in [1.54, 1.807) is 0 Å². The van der Waals surface area contributed by atoms with Crippen LogP contribution in [0.3, 0.4) is 0 Å². The standard InChI is InChI=1S/C9H9N3OS/c13-8-7(11-9(14)12-8)10-6-4-2-1-3-5-6/h1-5,10,13H,(H2,11,12,14). The molecule has 0 aliphatic carbocycles. The minimum Gasteiger partial charge on any atom is -0.492 e. The molecule has 0 aliphatic rings. The van der Waals surface area contributed by atoms with Crippen molar-refractivity contribution in [2.45, 2.75) is 0 Å². The molecule has 5 heteroatoms. The van der Waals surface area contributed by atoms with Gasteiger partial charge in [0.05, 0.1) is 0 Å². The molecule has 0 atom stereocenters. The molecule has 1 aromatic carbocycles. The van der Waals surface area contributed by atoms with Gasteiger partial charge in [-0.1, -0.05) is 18.2 Å². The van der Waals surface area contributed by atoms with Crippen LogP contribution in [0.5, 0.6) is 5.88 Å². The molecular weight excluding hydrogens is 198 g/mol. The Balaban J connectivity index is 2.27. The Bertz CT molecular complexity index is 474. The highest BCUT2D eigenvalue weighted by atomic mass is 32.1. The third-order valence-electron chi connectivity index (χ3n) is 1.75. The monoisotopic (exact) mass is 207 g/mol. The van der Waals surface area contributed by atoms with Crippen molar-refractivity contribution in [3.63, 3.8) is 0 Å². The molecule has 4 nitrogen and oxygen atoms in total. The summed E-state index contributed by atoms with van der Waals surface area (Å²) >= 11 is 4.83. The largest absolute Gasteiger partial charge is 0.492 e. The van der Waals surface area contributed by atoms with E-state index < -0.39 is 0 Å². The van der Waals surface area contributed by atoms with Crippen molar-refractivity contribution in [2.24, 2.45) is 0 Å². The van der Waals surface area contributed by atoms with E-state index in [-0.39, 0.29) is 5.88 Å². The van der Waals surface area contributed by atoms with Crippen LogP contribution in [0.2, 0.25) is 0 Å². The highest BCUT2D eigenvalue weighted by molar-refractivity contribution is 7.71. The third-order valence-corrected chi connectivity index (χ3v) is 1.95. The van der Waals surface area contributed by atoms with Crippen LogP contribution >= 0.6 is 12.2 Å². The van der Waals surface area contributed by atoms with Crippen LogP contribution in [-0.2, 0) is 0 Å². The Morgan fingerprint density at radius 1 is 1.14 bits per heavy atom. The summed E-state index contributed by atoms with van der Waals surface area (Å²) in [4.78, 5) is 5.37. The van der Waals surface area contributed by atoms with E-state index in [9.17, 15) is 5.11 Å². The van der Waals surface area contributed by atoms with Gasteiger partial charge in [-0.25, -0.2) is 0 Å². The van der Waals surface area contributed by atoms with Crippen LogP contribution in [0.1, 0.15) is 0 Å². The first-order chi connectivity index (χ1) is 6.75. The van der Waals surface area contributed by atoms with Gasteiger partial charge in [-0.2, -0.15) is 0 Å². The smallest absolute Gasteiger partial charge is 0.233 e. The van der Waals surface area contributed by atoms with Gasteiger partial charge in [-0.05, 0) is 24.4 Å². The lowest BCUT2D eigenvalue weighted by Gasteiger charge is -2.02. The highest BCUT2D eigenvalue weighted by Gasteiger charge is 2.02. The summed E-state index contributed by atoms with van der Waals surface area (Å²) in [7, 11) is 0. The number of H-pyrrole nitrogens is 2. The zero-order valence-corrected chi connectivity index (χ0v) is 8.06. The van der Waals surface area contributed by atoms with Gasteiger partial charge in [0.25, 0.3) is 0 Å². The van der Waals surface area contributed by atoms with Crippen LogP contribution in [0.25, 0.3) is 0 Å². The number of aromatic nitrogens is 2. The second-order valence-corrected chi connectivity index (χ2v) is 3.20. The molecule has 0 radical (unpaired) electrons. The normalized spacial score (nSPS) is 10.0. The molecule has 2 aromatic rings. The Hall–Kier alpha value is -1.75. The Kier molecular flexibility index (Phi) is 2.24. The molecular formula is C9H9N3OS. The molecule has 0 spiro atoms. The number of nitrogens with one attached hydrogen (secondary N) is 3. The van der Waals surface area contributed by atoms with E-state index in [1.807, 2.05) is 30.3 Å². The minimum atomic E-state index is 0.0128. The van der Waals surface area contributed by atoms with Gasteiger partial charge in [0.2, 0.25) is 5.88 Å². The number of hydrogen-bond donors (Lipinski definition) is 4. The molecule has 72 valence electrons. The summed E-state index contributed by atoms with van der Waals surface area (Å²) in [5.74, 6) is 0.486. The van der Waals surface area contributed by atoms with Crippen LogP contribution in [0.4, 0.5) is 11.5 Å². The maximum Gasteiger partial charge on any atom is 0.233 e. The number of benzene rings is 1. The van der Waals surface area contributed by atoms with E-state index in [0.29, 0.717) is 10.6 Å². The fourth-order valence-electron chi connectivity index (χ4n) is 1.13. The molecule has 2 rings (SSSR count). The van der Waals surface area contributed by atoms with Crippen molar-refractivity contribution in [3.8, 4) is 5.88 Å². The summed E-state index contributed by atoms with van der Waals surface area (Å²) < 4.78 is 0.390. The van der Waals surface area contributed by atoms with Crippen LogP contribution in [0, 0.1) is 4.77 Å². The predicted octanol–water partition coefficient (Wildman–Crippen LogP) is 2.52. The molecule has 1 aromatic heterocycles. The topological polar surface area (TPSA) is 63.8 Å². The molecule has 0 saturated carbocycles. The van der Waals surface area contributed by atoms with E-state index >= 15 is 0 Å². The van der Waals surface area contributed by atoms with E-state index in [1.165, 1.54) is 0 Å². The summed E-state index contributed by atoms with van der Waals surface area (Å²) in [5, 5.41) is 12.4.